The van der Waals surface area contributed by atoms with Gasteiger partial charge in [0.2, 0.25) is 0 Å². The van der Waals surface area contributed by atoms with Crippen LogP contribution >= 0.6 is 0 Å². The van der Waals surface area contributed by atoms with Crippen LogP contribution < -0.4 is 0 Å². The Morgan fingerprint density at radius 3 is 2.58 bits per heavy atom. The van der Waals surface area contributed by atoms with Gasteiger partial charge in [0.05, 0.1) is 0 Å². The molecule has 66 valence electrons. The molecule has 0 spiro atoms. The van der Waals surface area contributed by atoms with Gasteiger partial charge in [0, 0.05) is 0 Å². The molecule has 6 heteroatoms. The largest absolute Gasteiger partial charge is 0.454 e. The normalized spacial score (nSPS) is 11.2. The van der Waals surface area contributed by atoms with E-state index >= 15 is 0 Å². The summed E-state index contributed by atoms with van der Waals surface area (Å²) >= 11 is 0. The van der Waals surface area contributed by atoms with Crippen molar-refractivity contribution < 1.29 is 9.53 Å². The van der Waals surface area contributed by atoms with Gasteiger partial charge in [0.15, 0.2) is 0 Å². The Morgan fingerprint density at radius 1 is 1.50 bits per heavy atom. The summed E-state index contributed by atoms with van der Waals surface area (Å²) in [4.78, 5) is 11.1. The van der Waals surface area contributed by atoms with Gasteiger partial charge in [-0.15, -0.1) is 5.10 Å². The zero-order valence-electron chi connectivity index (χ0n) is 7.16. The van der Waals surface area contributed by atoms with Gasteiger partial charge in [-0.2, -0.15) is 0 Å². The lowest BCUT2D eigenvalue weighted by Crippen LogP contribution is -2.24. The molecule has 6 nitrogen and oxygen atoms in total. The van der Waals surface area contributed by atoms with E-state index in [1.807, 2.05) is 0 Å². The van der Waals surface area contributed by atoms with Crippen LogP contribution in [0.4, 0.5) is 0 Å². The predicted octanol–water partition coefficient (Wildman–Crippen LogP) is 0.155. The molecule has 0 aromatic carbocycles. The lowest BCUT2D eigenvalue weighted by atomic mass is 10.2. The summed E-state index contributed by atoms with van der Waals surface area (Å²) in [5, 5.41) is 12.2. The molecular formula is C6H10N4O2. The monoisotopic (exact) mass is 170 g/mol. The van der Waals surface area contributed by atoms with Crippen molar-refractivity contribution in [3.8, 4) is 0 Å². The topological polar surface area (TPSA) is 80.8 Å². The van der Waals surface area contributed by atoms with E-state index in [1.54, 1.807) is 20.8 Å². The van der Waals surface area contributed by atoms with E-state index < -0.39 is 11.6 Å². The maximum absolute atomic E-state index is 11.1. The fourth-order valence-electron chi connectivity index (χ4n) is 0.572. The summed E-state index contributed by atoms with van der Waals surface area (Å²) in [7, 11) is 0. The molecule has 0 aliphatic heterocycles. The standard InChI is InChI=1S/C6H10N4O2/c1-6(2,3)12-5(11)4-7-9-10-8-4/h1-3H3,(H,7,8,9,10). The molecule has 1 aromatic rings. The number of ether oxygens (including phenoxy) is 1. The molecule has 0 radical (unpaired) electrons. The number of carbonyl (C=O) groups excluding carboxylic acids is 1. The van der Waals surface area contributed by atoms with Gasteiger partial charge >= 0.3 is 5.97 Å². The molecule has 0 fully saturated rings. The smallest absolute Gasteiger partial charge is 0.378 e. The second-order valence-electron chi connectivity index (χ2n) is 3.25. The van der Waals surface area contributed by atoms with Gasteiger partial charge in [0.25, 0.3) is 5.82 Å². The molecule has 0 bridgehead atoms. The minimum absolute atomic E-state index is 0.0184. The third-order valence-corrected chi connectivity index (χ3v) is 0.938. The van der Waals surface area contributed by atoms with Crippen molar-refractivity contribution in [2.45, 2.75) is 26.4 Å². The Hall–Kier alpha value is -1.46. The number of nitrogens with zero attached hydrogens (tertiary/aromatic N) is 3. The summed E-state index contributed by atoms with van der Waals surface area (Å²) in [6.45, 7) is 5.32. The zero-order valence-corrected chi connectivity index (χ0v) is 7.16. The molecule has 0 aliphatic carbocycles. The van der Waals surface area contributed by atoms with Crippen molar-refractivity contribution in [1.29, 1.82) is 0 Å². The number of carbonyl (C=O) groups is 1. The number of hydrogen-bond acceptors (Lipinski definition) is 5. The van der Waals surface area contributed by atoms with Gasteiger partial charge in [-0.05, 0) is 31.2 Å². The van der Waals surface area contributed by atoms with Gasteiger partial charge < -0.3 is 4.74 Å². The minimum Gasteiger partial charge on any atom is -0.454 e. The van der Waals surface area contributed by atoms with Crippen LogP contribution in [0.2, 0.25) is 0 Å². The van der Waals surface area contributed by atoms with E-state index in [4.69, 9.17) is 4.74 Å². The molecule has 0 atom stereocenters. The molecule has 0 aliphatic rings. The van der Waals surface area contributed by atoms with E-state index in [2.05, 4.69) is 20.6 Å². The van der Waals surface area contributed by atoms with Crippen LogP contribution in [0.3, 0.4) is 0 Å². The van der Waals surface area contributed by atoms with Gasteiger partial charge in [-0.1, -0.05) is 0 Å². The molecule has 0 saturated heterocycles. The number of nitrogens with one attached hydrogen (secondary N) is 1. The van der Waals surface area contributed by atoms with Gasteiger partial charge in [-0.25, -0.2) is 9.89 Å². The highest BCUT2D eigenvalue weighted by Crippen LogP contribution is 2.08. The summed E-state index contributed by atoms with van der Waals surface area (Å²) in [5.41, 5.74) is -0.524. The number of esters is 1. The average Bonchev–Trinajstić information content (AvgIpc) is 2.32. The molecule has 1 N–H and O–H groups in total. The third kappa shape index (κ3) is 2.30. The lowest BCUT2D eigenvalue weighted by molar-refractivity contribution is 0.00557. The van der Waals surface area contributed by atoms with E-state index in [0.717, 1.165) is 0 Å². The molecule has 12 heavy (non-hydrogen) atoms. The molecule has 0 unspecified atom stereocenters. The van der Waals surface area contributed by atoms with Crippen molar-refractivity contribution in [2.75, 3.05) is 0 Å². The Kier molecular flexibility index (Phi) is 2.07. The number of H-pyrrole nitrogens is 1. The van der Waals surface area contributed by atoms with Crippen LogP contribution in [0.1, 0.15) is 31.4 Å². The minimum atomic E-state index is -0.549. The summed E-state index contributed by atoms with van der Waals surface area (Å²) < 4.78 is 4.97. The number of tetrazole rings is 1. The summed E-state index contributed by atoms with van der Waals surface area (Å²) in [6.07, 6.45) is 0. The molecule has 1 heterocycles. The second-order valence-corrected chi connectivity index (χ2v) is 3.25. The molecule has 0 saturated carbocycles. The Balaban J connectivity index is 2.63. The Morgan fingerprint density at radius 2 is 2.17 bits per heavy atom. The van der Waals surface area contributed by atoms with Crippen LogP contribution in [-0.2, 0) is 4.74 Å². The predicted molar refractivity (Wildman–Crippen MR) is 39.3 cm³/mol. The lowest BCUT2D eigenvalue weighted by Gasteiger charge is -2.17. The van der Waals surface area contributed by atoms with E-state index in [-0.39, 0.29) is 5.82 Å². The number of rotatable bonds is 1. The summed E-state index contributed by atoms with van der Waals surface area (Å²) in [6, 6.07) is 0. The molecule has 1 aromatic heterocycles. The number of aromatic amines is 1. The van der Waals surface area contributed by atoms with E-state index in [1.165, 1.54) is 0 Å². The SMILES string of the molecule is CC(C)(C)OC(=O)c1nnn[nH]1. The van der Waals surface area contributed by atoms with Crippen LogP contribution in [0.15, 0.2) is 0 Å². The van der Waals surface area contributed by atoms with Gasteiger partial charge in [0.1, 0.15) is 5.60 Å². The highest BCUT2D eigenvalue weighted by molar-refractivity contribution is 5.84. The maximum Gasteiger partial charge on any atom is 0.378 e. The van der Waals surface area contributed by atoms with E-state index in [9.17, 15) is 4.79 Å². The van der Waals surface area contributed by atoms with Crippen molar-refractivity contribution in [2.24, 2.45) is 0 Å². The molecule has 0 amide bonds. The first-order valence-electron chi connectivity index (χ1n) is 3.46. The molecular weight excluding hydrogens is 160 g/mol. The first-order chi connectivity index (χ1) is 5.49. The number of aromatic nitrogens is 4. The number of hydrogen-bond donors (Lipinski definition) is 1. The second kappa shape index (κ2) is 2.88. The summed E-state index contributed by atoms with van der Waals surface area (Å²) in [5.74, 6) is -0.530. The van der Waals surface area contributed by atoms with Crippen molar-refractivity contribution >= 4 is 5.97 Å². The highest BCUT2D eigenvalue weighted by atomic mass is 16.6. The van der Waals surface area contributed by atoms with Crippen LogP contribution in [0.25, 0.3) is 0 Å². The molecule has 1 rings (SSSR count). The van der Waals surface area contributed by atoms with E-state index in [0.29, 0.717) is 0 Å². The average molecular weight is 170 g/mol. The van der Waals surface area contributed by atoms with Gasteiger partial charge in [-0.3, -0.25) is 0 Å². The van der Waals surface area contributed by atoms with Crippen LogP contribution in [0.5, 0.6) is 0 Å². The van der Waals surface area contributed by atoms with Crippen LogP contribution in [0, 0.1) is 0 Å². The van der Waals surface area contributed by atoms with Crippen molar-refractivity contribution in [1.82, 2.24) is 20.6 Å². The zero-order chi connectivity index (χ0) is 9.19. The Bertz CT molecular complexity index is 262. The first-order valence-corrected chi connectivity index (χ1v) is 3.46. The fraction of sp³-hybridized carbons (Fsp3) is 0.667. The fourth-order valence-corrected chi connectivity index (χ4v) is 0.572. The third-order valence-electron chi connectivity index (χ3n) is 0.938. The Labute approximate surface area is 69.3 Å². The van der Waals surface area contributed by atoms with Crippen LogP contribution in [-0.4, -0.2) is 32.2 Å². The highest BCUT2D eigenvalue weighted by Gasteiger charge is 2.19. The first kappa shape index (κ1) is 8.63. The quantitative estimate of drug-likeness (QED) is 0.607. The van der Waals surface area contributed by atoms with Crippen molar-refractivity contribution in [3.63, 3.8) is 0 Å². The maximum atomic E-state index is 11.1. The van der Waals surface area contributed by atoms with Crippen molar-refractivity contribution in [3.05, 3.63) is 5.82 Å².